The first-order chi connectivity index (χ1) is 13.9. The number of aryl methyl sites for hydroxylation is 1. The highest BCUT2D eigenvalue weighted by atomic mass is 32.2. The van der Waals surface area contributed by atoms with Gasteiger partial charge in [-0.3, -0.25) is 4.79 Å². The Balaban J connectivity index is 1.74. The Morgan fingerprint density at radius 3 is 2.48 bits per heavy atom. The van der Waals surface area contributed by atoms with Crippen molar-refractivity contribution in [2.75, 3.05) is 25.5 Å². The molecular weight excluding hydrogens is 392 g/mol. The lowest BCUT2D eigenvalue weighted by molar-refractivity contribution is -0.124. The highest BCUT2D eigenvalue weighted by molar-refractivity contribution is 7.99. The summed E-state index contributed by atoms with van der Waals surface area (Å²) >= 11 is 1.72. The normalized spacial score (nSPS) is 10.4. The van der Waals surface area contributed by atoms with Crippen LogP contribution < -0.4 is 5.32 Å². The molecule has 0 radical (unpaired) electrons. The van der Waals surface area contributed by atoms with Gasteiger partial charge in [-0.05, 0) is 50.6 Å². The largest absolute Gasteiger partial charge is 0.462 e. The second-order valence-electron chi connectivity index (χ2n) is 6.29. The molecule has 0 aliphatic carbocycles. The fraction of sp³-hybridized carbons (Fsp3) is 0.381. The van der Waals surface area contributed by atoms with Gasteiger partial charge in [0.2, 0.25) is 0 Å². The molecule has 0 saturated carbocycles. The molecule has 1 aromatic carbocycles. The first-order valence-electron chi connectivity index (χ1n) is 9.42. The van der Waals surface area contributed by atoms with Crippen molar-refractivity contribution >= 4 is 29.6 Å². The second kappa shape index (κ2) is 11.3. The molecule has 156 valence electrons. The number of benzene rings is 1. The second-order valence-corrected chi connectivity index (χ2v) is 7.45. The van der Waals surface area contributed by atoms with E-state index in [-0.39, 0.29) is 24.8 Å². The number of amides is 1. The lowest BCUT2D eigenvalue weighted by atomic mass is 10.1. The fourth-order valence-corrected chi connectivity index (χ4v) is 3.60. The number of H-pyrrole nitrogens is 1. The SMILES string of the molecule is CCOC(=O)c1c(C)[nH]c(C(=O)OCC(=O)NCCCSc2ccccc2)c1C. The molecular formula is C21H26N2O5S. The molecule has 0 bridgehead atoms. The van der Waals surface area contributed by atoms with Gasteiger partial charge in [0.1, 0.15) is 5.69 Å². The van der Waals surface area contributed by atoms with E-state index in [0.29, 0.717) is 23.4 Å². The molecule has 2 aromatic rings. The van der Waals surface area contributed by atoms with Crippen molar-refractivity contribution in [1.82, 2.24) is 10.3 Å². The number of esters is 2. The molecule has 0 atom stereocenters. The van der Waals surface area contributed by atoms with E-state index in [1.807, 2.05) is 30.3 Å². The molecule has 7 nitrogen and oxygen atoms in total. The fourth-order valence-electron chi connectivity index (χ4n) is 2.72. The zero-order valence-electron chi connectivity index (χ0n) is 16.9. The lowest BCUT2D eigenvalue weighted by Gasteiger charge is -2.07. The van der Waals surface area contributed by atoms with Crippen LogP contribution in [0, 0.1) is 13.8 Å². The summed E-state index contributed by atoms with van der Waals surface area (Å²) in [7, 11) is 0. The van der Waals surface area contributed by atoms with E-state index in [0.717, 1.165) is 12.2 Å². The van der Waals surface area contributed by atoms with Gasteiger partial charge in [0, 0.05) is 17.1 Å². The molecule has 1 amide bonds. The van der Waals surface area contributed by atoms with Crippen molar-refractivity contribution in [1.29, 1.82) is 0 Å². The zero-order chi connectivity index (χ0) is 21.2. The number of nitrogens with one attached hydrogen (secondary N) is 2. The van der Waals surface area contributed by atoms with Crippen molar-refractivity contribution in [2.45, 2.75) is 32.1 Å². The molecule has 0 spiro atoms. The number of aromatic amines is 1. The van der Waals surface area contributed by atoms with E-state index in [1.54, 1.807) is 32.5 Å². The van der Waals surface area contributed by atoms with Gasteiger partial charge in [-0.1, -0.05) is 18.2 Å². The van der Waals surface area contributed by atoms with Gasteiger partial charge in [0.15, 0.2) is 6.61 Å². The molecule has 1 heterocycles. The van der Waals surface area contributed by atoms with Crippen molar-refractivity contribution in [3.05, 3.63) is 52.8 Å². The van der Waals surface area contributed by atoms with Gasteiger partial charge in [-0.2, -0.15) is 0 Å². The van der Waals surface area contributed by atoms with Crippen LogP contribution in [0.25, 0.3) is 0 Å². The highest BCUT2D eigenvalue weighted by Crippen LogP contribution is 2.20. The molecule has 0 saturated heterocycles. The van der Waals surface area contributed by atoms with Crippen LogP contribution in [0.15, 0.2) is 35.2 Å². The van der Waals surface area contributed by atoms with Crippen molar-refractivity contribution in [3.63, 3.8) is 0 Å². The molecule has 0 fully saturated rings. The number of rotatable bonds is 10. The number of hydrogen-bond acceptors (Lipinski definition) is 6. The monoisotopic (exact) mass is 418 g/mol. The molecule has 8 heteroatoms. The predicted octanol–water partition coefficient (Wildman–Crippen LogP) is 3.26. The van der Waals surface area contributed by atoms with Crippen LogP contribution in [0.2, 0.25) is 0 Å². The number of aromatic nitrogens is 1. The Morgan fingerprint density at radius 1 is 1.07 bits per heavy atom. The Labute approximate surface area is 174 Å². The molecule has 29 heavy (non-hydrogen) atoms. The van der Waals surface area contributed by atoms with Gasteiger partial charge >= 0.3 is 11.9 Å². The number of hydrogen-bond donors (Lipinski definition) is 2. The first kappa shape index (κ1) is 22.5. The summed E-state index contributed by atoms with van der Waals surface area (Å²) in [6.45, 7) is 5.39. The van der Waals surface area contributed by atoms with Crippen molar-refractivity contribution in [3.8, 4) is 0 Å². The van der Waals surface area contributed by atoms with E-state index in [9.17, 15) is 14.4 Å². The van der Waals surface area contributed by atoms with Gasteiger partial charge < -0.3 is 19.8 Å². The van der Waals surface area contributed by atoms with Gasteiger partial charge in [-0.15, -0.1) is 11.8 Å². The molecule has 2 rings (SSSR count). The van der Waals surface area contributed by atoms with E-state index in [1.165, 1.54) is 4.90 Å². The topological polar surface area (TPSA) is 97.5 Å². The highest BCUT2D eigenvalue weighted by Gasteiger charge is 2.24. The van der Waals surface area contributed by atoms with Crippen molar-refractivity contribution in [2.24, 2.45) is 0 Å². The van der Waals surface area contributed by atoms with Crippen LogP contribution in [0.3, 0.4) is 0 Å². The van der Waals surface area contributed by atoms with Crippen LogP contribution in [0.4, 0.5) is 0 Å². The average Bonchev–Trinajstić information content (AvgIpc) is 3.01. The Morgan fingerprint density at radius 2 is 1.79 bits per heavy atom. The van der Waals surface area contributed by atoms with Gasteiger partial charge in [-0.25, -0.2) is 9.59 Å². The quantitative estimate of drug-likeness (QED) is 0.349. The van der Waals surface area contributed by atoms with Crippen LogP contribution in [0.5, 0.6) is 0 Å². The van der Waals surface area contributed by atoms with Crippen LogP contribution in [-0.4, -0.2) is 48.3 Å². The summed E-state index contributed by atoms with van der Waals surface area (Å²) in [5, 5.41) is 2.73. The molecule has 1 aromatic heterocycles. The van der Waals surface area contributed by atoms with Gasteiger partial charge in [0.05, 0.1) is 12.2 Å². The standard InChI is InChI=1S/C21H26N2O5S/c1-4-27-20(25)18-14(2)19(23-15(18)3)21(26)28-13-17(24)22-11-8-12-29-16-9-6-5-7-10-16/h5-7,9-10,23H,4,8,11-13H2,1-3H3,(H,22,24). The average molecular weight is 419 g/mol. The van der Waals surface area contributed by atoms with E-state index < -0.39 is 11.9 Å². The minimum atomic E-state index is -0.684. The molecule has 2 N–H and O–H groups in total. The number of thioether (sulfide) groups is 1. The van der Waals surface area contributed by atoms with E-state index in [4.69, 9.17) is 9.47 Å². The Kier molecular flexibility index (Phi) is 8.79. The molecule has 0 aliphatic rings. The molecule has 0 aliphatic heterocycles. The number of carbonyl (C=O) groups excluding carboxylic acids is 3. The third-order valence-corrected chi connectivity index (χ3v) is 5.21. The Bertz CT molecular complexity index is 848. The maximum atomic E-state index is 12.3. The van der Waals surface area contributed by atoms with E-state index in [2.05, 4.69) is 10.3 Å². The van der Waals surface area contributed by atoms with Crippen LogP contribution in [-0.2, 0) is 14.3 Å². The van der Waals surface area contributed by atoms with Crippen molar-refractivity contribution < 1.29 is 23.9 Å². The van der Waals surface area contributed by atoms with Gasteiger partial charge in [0.25, 0.3) is 5.91 Å². The smallest absolute Gasteiger partial charge is 0.355 e. The van der Waals surface area contributed by atoms with Crippen LogP contribution >= 0.6 is 11.8 Å². The molecule has 0 unspecified atom stereocenters. The summed E-state index contributed by atoms with van der Waals surface area (Å²) in [6, 6.07) is 10.0. The summed E-state index contributed by atoms with van der Waals surface area (Å²) in [6.07, 6.45) is 0.803. The maximum absolute atomic E-state index is 12.3. The Hall–Kier alpha value is -2.74. The lowest BCUT2D eigenvalue weighted by Crippen LogP contribution is -2.30. The number of carbonyl (C=O) groups is 3. The van der Waals surface area contributed by atoms with Crippen LogP contribution in [0.1, 0.15) is 45.4 Å². The number of ether oxygens (including phenoxy) is 2. The predicted molar refractivity (Wildman–Crippen MR) is 111 cm³/mol. The first-order valence-corrected chi connectivity index (χ1v) is 10.4. The summed E-state index contributed by atoms with van der Waals surface area (Å²) < 4.78 is 10.1. The third-order valence-electron chi connectivity index (χ3n) is 4.11. The minimum absolute atomic E-state index is 0.151. The summed E-state index contributed by atoms with van der Waals surface area (Å²) in [4.78, 5) is 40.2. The summed E-state index contributed by atoms with van der Waals surface area (Å²) in [5.41, 5.74) is 1.44. The van der Waals surface area contributed by atoms with E-state index >= 15 is 0 Å². The zero-order valence-corrected chi connectivity index (χ0v) is 17.7. The third kappa shape index (κ3) is 6.67. The minimum Gasteiger partial charge on any atom is -0.462 e. The maximum Gasteiger partial charge on any atom is 0.355 e. The summed E-state index contributed by atoms with van der Waals surface area (Å²) in [5.74, 6) is -0.670.